The van der Waals surface area contributed by atoms with E-state index in [1.54, 1.807) is 6.92 Å². The number of rotatable bonds is 3. The Labute approximate surface area is 82.8 Å². The highest BCUT2D eigenvalue weighted by Gasteiger charge is 2.17. The molecule has 0 radical (unpaired) electrons. The van der Waals surface area contributed by atoms with Crippen LogP contribution in [0.4, 0.5) is 0 Å². The molecule has 0 saturated heterocycles. The van der Waals surface area contributed by atoms with Gasteiger partial charge in [-0.1, -0.05) is 5.21 Å². The standard InChI is InChI=1S/C5H7N9O/c1-2(3-7-11-12-8-3)6-5(15)4-9-13-14-10-4/h2H,1H3,(H,6,15)(H,7,8,11,12)(H,9,10,13,14). The van der Waals surface area contributed by atoms with Crippen LogP contribution in [0.3, 0.4) is 0 Å². The number of nitrogens with zero attached hydrogens (tertiary/aromatic N) is 6. The third kappa shape index (κ3) is 1.92. The first-order valence-electron chi connectivity index (χ1n) is 4.05. The molecule has 2 rings (SSSR count). The van der Waals surface area contributed by atoms with E-state index in [1.165, 1.54) is 0 Å². The zero-order valence-corrected chi connectivity index (χ0v) is 7.67. The predicted molar refractivity (Wildman–Crippen MR) is 44.2 cm³/mol. The minimum atomic E-state index is -0.457. The molecule has 1 unspecified atom stereocenters. The first kappa shape index (κ1) is 9.18. The first-order chi connectivity index (χ1) is 7.27. The van der Waals surface area contributed by atoms with Gasteiger partial charge in [0, 0.05) is 0 Å². The minimum absolute atomic E-state index is 0.0367. The predicted octanol–water partition coefficient (Wildman–Crippen LogP) is -1.80. The second-order valence-electron chi connectivity index (χ2n) is 2.70. The SMILES string of the molecule is CC(NC(=O)c1nn[nH]n1)c1nn[nH]n1. The van der Waals surface area contributed by atoms with Crippen molar-refractivity contribution in [1.29, 1.82) is 0 Å². The number of carbonyl (C=O) groups is 1. The quantitative estimate of drug-likeness (QED) is 0.542. The number of carbonyl (C=O) groups excluding carboxylic acids is 1. The van der Waals surface area contributed by atoms with Crippen LogP contribution in [0.15, 0.2) is 0 Å². The summed E-state index contributed by atoms with van der Waals surface area (Å²) in [6, 6.07) is -0.380. The number of nitrogens with one attached hydrogen (secondary N) is 3. The van der Waals surface area contributed by atoms with Crippen LogP contribution in [0, 0.1) is 0 Å². The van der Waals surface area contributed by atoms with Crippen molar-refractivity contribution in [3.8, 4) is 0 Å². The molecule has 0 aliphatic rings. The summed E-state index contributed by atoms with van der Waals surface area (Å²) in [5.74, 6) is -0.113. The molecule has 0 aromatic carbocycles. The van der Waals surface area contributed by atoms with E-state index in [0.29, 0.717) is 5.82 Å². The molecule has 2 aromatic heterocycles. The zero-order chi connectivity index (χ0) is 10.7. The molecule has 3 N–H and O–H groups in total. The van der Waals surface area contributed by atoms with E-state index >= 15 is 0 Å². The molecule has 2 heterocycles. The Morgan fingerprint density at radius 2 is 2.00 bits per heavy atom. The molecular formula is C5H7N9O. The molecule has 0 spiro atoms. The Balaban J connectivity index is 2.01. The number of hydrogen-bond donors (Lipinski definition) is 3. The molecule has 0 aliphatic carbocycles. The van der Waals surface area contributed by atoms with E-state index in [-0.39, 0.29) is 11.9 Å². The molecule has 0 saturated carbocycles. The molecule has 2 aromatic rings. The summed E-state index contributed by atoms with van der Waals surface area (Å²) in [4.78, 5) is 11.4. The molecule has 15 heavy (non-hydrogen) atoms. The van der Waals surface area contributed by atoms with E-state index < -0.39 is 5.91 Å². The van der Waals surface area contributed by atoms with E-state index in [1.807, 2.05) is 0 Å². The molecule has 10 nitrogen and oxygen atoms in total. The van der Waals surface area contributed by atoms with Gasteiger partial charge in [0.05, 0.1) is 6.04 Å². The number of aromatic nitrogens is 8. The van der Waals surface area contributed by atoms with Gasteiger partial charge in [-0.05, 0) is 12.1 Å². The maximum absolute atomic E-state index is 11.4. The summed E-state index contributed by atoms with van der Waals surface area (Å²) >= 11 is 0. The van der Waals surface area contributed by atoms with Gasteiger partial charge in [0.25, 0.3) is 11.7 Å². The van der Waals surface area contributed by atoms with Gasteiger partial charge in [-0.2, -0.15) is 10.4 Å². The summed E-state index contributed by atoms with van der Waals surface area (Å²) in [7, 11) is 0. The van der Waals surface area contributed by atoms with Crippen molar-refractivity contribution >= 4 is 5.91 Å². The highest BCUT2D eigenvalue weighted by Crippen LogP contribution is 2.03. The topological polar surface area (TPSA) is 138 Å². The normalized spacial score (nSPS) is 12.3. The fourth-order valence-corrected chi connectivity index (χ4v) is 0.937. The lowest BCUT2D eigenvalue weighted by molar-refractivity contribution is 0.0928. The number of aromatic amines is 2. The summed E-state index contributed by atoms with van der Waals surface area (Å²) in [5, 5.41) is 28.2. The summed E-state index contributed by atoms with van der Waals surface area (Å²) in [5.41, 5.74) is 0. The van der Waals surface area contributed by atoms with Crippen molar-refractivity contribution in [2.75, 3.05) is 0 Å². The van der Waals surface area contributed by atoms with Gasteiger partial charge in [0.15, 0.2) is 5.82 Å². The van der Waals surface area contributed by atoms with Crippen LogP contribution in [0.25, 0.3) is 0 Å². The molecule has 0 bridgehead atoms. The fourth-order valence-electron chi connectivity index (χ4n) is 0.937. The second-order valence-corrected chi connectivity index (χ2v) is 2.70. The Morgan fingerprint density at radius 3 is 2.60 bits per heavy atom. The van der Waals surface area contributed by atoms with Crippen molar-refractivity contribution in [2.45, 2.75) is 13.0 Å². The maximum atomic E-state index is 11.4. The number of H-pyrrole nitrogens is 2. The molecule has 0 aliphatic heterocycles. The summed E-state index contributed by atoms with van der Waals surface area (Å²) in [6.07, 6.45) is 0. The molecule has 1 amide bonds. The van der Waals surface area contributed by atoms with Crippen molar-refractivity contribution in [1.82, 2.24) is 46.6 Å². The Morgan fingerprint density at radius 1 is 1.27 bits per heavy atom. The third-order valence-corrected chi connectivity index (χ3v) is 1.65. The largest absolute Gasteiger partial charge is 0.339 e. The molecule has 78 valence electrons. The van der Waals surface area contributed by atoms with Crippen LogP contribution in [0.2, 0.25) is 0 Å². The third-order valence-electron chi connectivity index (χ3n) is 1.65. The van der Waals surface area contributed by atoms with Gasteiger partial charge in [0.1, 0.15) is 0 Å². The Hall–Kier alpha value is -2.39. The second kappa shape index (κ2) is 3.77. The van der Waals surface area contributed by atoms with Crippen LogP contribution < -0.4 is 5.32 Å². The van der Waals surface area contributed by atoms with Gasteiger partial charge in [-0.3, -0.25) is 4.79 Å². The van der Waals surface area contributed by atoms with E-state index in [4.69, 9.17) is 0 Å². The Kier molecular flexibility index (Phi) is 2.31. The minimum Gasteiger partial charge on any atom is -0.339 e. The van der Waals surface area contributed by atoms with Crippen molar-refractivity contribution in [3.05, 3.63) is 11.6 Å². The number of tetrazole rings is 2. The maximum Gasteiger partial charge on any atom is 0.293 e. The lowest BCUT2D eigenvalue weighted by Gasteiger charge is -2.06. The summed E-state index contributed by atoms with van der Waals surface area (Å²) in [6.45, 7) is 1.71. The molecular weight excluding hydrogens is 202 g/mol. The van der Waals surface area contributed by atoms with Crippen LogP contribution >= 0.6 is 0 Å². The number of amides is 1. The smallest absolute Gasteiger partial charge is 0.293 e. The van der Waals surface area contributed by atoms with E-state index in [0.717, 1.165) is 0 Å². The van der Waals surface area contributed by atoms with Gasteiger partial charge >= 0.3 is 0 Å². The van der Waals surface area contributed by atoms with Crippen LogP contribution in [0.5, 0.6) is 0 Å². The van der Waals surface area contributed by atoms with Gasteiger partial charge in [-0.25, -0.2) is 0 Å². The average Bonchev–Trinajstić information content (AvgIpc) is 2.91. The molecule has 0 fully saturated rings. The van der Waals surface area contributed by atoms with Gasteiger partial charge < -0.3 is 5.32 Å². The van der Waals surface area contributed by atoms with Crippen molar-refractivity contribution < 1.29 is 4.79 Å². The first-order valence-corrected chi connectivity index (χ1v) is 4.05. The number of hydrogen-bond acceptors (Lipinski definition) is 7. The van der Waals surface area contributed by atoms with Crippen molar-refractivity contribution in [3.63, 3.8) is 0 Å². The van der Waals surface area contributed by atoms with E-state index in [2.05, 4.69) is 46.6 Å². The van der Waals surface area contributed by atoms with E-state index in [9.17, 15) is 4.79 Å². The van der Waals surface area contributed by atoms with Crippen LogP contribution in [-0.4, -0.2) is 47.2 Å². The van der Waals surface area contributed by atoms with Crippen LogP contribution in [-0.2, 0) is 0 Å². The summed E-state index contributed by atoms with van der Waals surface area (Å²) < 4.78 is 0. The van der Waals surface area contributed by atoms with Gasteiger partial charge in [0.2, 0.25) is 0 Å². The lowest BCUT2D eigenvalue weighted by atomic mass is 10.3. The average molecular weight is 209 g/mol. The fraction of sp³-hybridized carbons (Fsp3) is 0.400. The highest BCUT2D eigenvalue weighted by molar-refractivity contribution is 5.90. The van der Waals surface area contributed by atoms with Crippen molar-refractivity contribution in [2.24, 2.45) is 0 Å². The monoisotopic (exact) mass is 209 g/mol. The highest BCUT2D eigenvalue weighted by atomic mass is 16.2. The molecule has 10 heteroatoms. The van der Waals surface area contributed by atoms with Crippen LogP contribution in [0.1, 0.15) is 29.4 Å². The van der Waals surface area contributed by atoms with Gasteiger partial charge in [-0.15, -0.1) is 20.4 Å². The molecule has 1 atom stereocenters. The zero-order valence-electron chi connectivity index (χ0n) is 7.67. The Bertz CT molecular complexity index is 419. The lowest BCUT2D eigenvalue weighted by Crippen LogP contribution is -2.28.